The second kappa shape index (κ2) is 4.42. The molecule has 0 N–H and O–H groups in total. The molecule has 4 heteroatoms. The van der Waals surface area contributed by atoms with Gasteiger partial charge in [-0.05, 0) is 24.7 Å². The molecule has 1 aromatic heterocycles. The van der Waals surface area contributed by atoms with Gasteiger partial charge in [-0.15, -0.1) is 0 Å². The number of ether oxygens (including phenoxy) is 1. The molecular formula is C11H14N2O2. The van der Waals surface area contributed by atoms with Gasteiger partial charge in [0.25, 0.3) is 0 Å². The molecule has 2 rings (SSSR count). The van der Waals surface area contributed by atoms with Crippen LogP contribution in [-0.2, 0) is 11.3 Å². The van der Waals surface area contributed by atoms with Gasteiger partial charge in [0.2, 0.25) is 0 Å². The van der Waals surface area contributed by atoms with Crippen molar-refractivity contribution in [2.24, 2.45) is 0 Å². The summed E-state index contributed by atoms with van der Waals surface area (Å²) in [6, 6.07) is 6.03. The van der Waals surface area contributed by atoms with E-state index < -0.39 is 0 Å². The van der Waals surface area contributed by atoms with Crippen molar-refractivity contribution >= 4 is 11.1 Å². The molecule has 0 bridgehead atoms. The smallest absolute Gasteiger partial charge is 0.181 e. The molecule has 80 valence electrons. The van der Waals surface area contributed by atoms with Crippen LogP contribution in [0.5, 0.6) is 0 Å². The first-order valence-electron chi connectivity index (χ1n) is 4.79. The zero-order chi connectivity index (χ0) is 10.7. The molecule has 0 unspecified atom stereocenters. The highest BCUT2D eigenvalue weighted by molar-refractivity contribution is 5.72. The van der Waals surface area contributed by atoms with Gasteiger partial charge in [-0.25, -0.2) is 4.98 Å². The van der Waals surface area contributed by atoms with Crippen molar-refractivity contribution in [1.29, 1.82) is 0 Å². The molecule has 0 fully saturated rings. The average molecular weight is 206 g/mol. The number of oxazole rings is 1. The maximum absolute atomic E-state index is 5.24. The van der Waals surface area contributed by atoms with Gasteiger partial charge in [-0.3, -0.25) is 4.90 Å². The van der Waals surface area contributed by atoms with E-state index in [0.717, 1.165) is 17.6 Å². The summed E-state index contributed by atoms with van der Waals surface area (Å²) in [6.07, 6.45) is 1.47. The molecule has 0 aliphatic heterocycles. The van der Waals surface area contributed by atoms with Crippen LogP contribution in [0.1, 0.15) is 5.56 Å². The van der Waals surface area contributed by atoms with Crippen molar-refractivity contribution in [3.8, 4) is 0 Å². The average Bonchev–Trinajstić information content (AvgIpc) is 2.65. The Balaban J connectivity index is 2.14. The highest BCUT2D eigenvalue weighted by Crippen LogP contribution is 2.15. The van der Waals surface area contributed by atoms with Gasteiger partial charge in [0, 0.05) is 13.7 Å². The minimum atomic E-state index is 0.619. The SMILES string of the molecule is COCN(C)Cc1ccc2ncoc2c1. The first kappa shape index (κ1) is 10.1. The molecular weight excluding hydrogens is 192 g/mol. The summed E-state index contributed by atoms with van der Waals surface area (Å²) >= 11 is 0. The lowest BCUT2D eigenvalue weighted by Crippen LogP contribution is -2.20. The fraction of sp³-hybridized carbons (Fsp3) is 0.364. The molecule has 15 heavy (non-hydrogen) atoms. The number of hydrogen-bond donors (Lipinski definition) is 0. The zero-order valence-electron chi connectivity index (χ0n) is 8.93. The lowest BCUT2D eigenvalue weighted by molar-refractivity contribution is 0.0772. The van der Waals surface area contributed by atoms with Gasteiger partial charge >= 0.3 is 0 Å². The third-order valence-corrected chi connectivity index (χ3v) is 2.20. The highest BCUT2D eigenvalue weighted by atomic mass is 16.5. The van der Waals surface area contributed by atoms with Crippen molar-refractivity contribution in [3.05, 3.63) is 30.2 Å². The fourth-order valence-electron chi connectivity index (χ4n) is 1.58. The maximum Gasteiger partial charge on any atom is 0.181 e. The van der Waals surface area contributed by atoms with Crippen LogP contribution in [0.25, 0.3) is 11.1 Å². The quantitative estimate of drug-likeness (QED) is 0.716. The Bertz CT molecular complexity index is 439. The molecule has 0 radical (unpaired) electrons. The van der Waals surface area contributed by atoms with E-state index in [-0.39, 0.29) is 0 Å². The second-order valence-electron chi connectivity index (χ2n) is 3.59. The number of methoxy groups -OCH3 is 1. The molecule has 0 aliphatic rings. The molecule has 4 nitrogen and oxygen atoms in total. The number of aromatic nitrogens is 1. The van der Waals surface area contributed by atoms with Crippen molar-refractivity contribution in [1.82, 2.24) is 9.88 Å². The summed E-state index contributed by atoms with van der Waals surface area (Å²) < 4.78 is 10.3. The van der Waals surface area contributed by atoms with Crippen LogP contribution in [0, 0.1) is 0 Å². The number of benzene rings is 1. The third-order valence-electron chi connectivity index (χ3n) is 2.20. The largest absolute Gasteiger partial charge is 0.443 e. The van der Waals surface area contributed by atoms with E-state index in [4.69, 9.17) is 9.15 Å². The molecule has 0 amide bonds. The number of hydrogen-bond acceptors (Lipinski definition) is 4. The van der Waals surface area contributed by atoms with Crippen molar-refractivity contribution in [3.63, 3.8) is 0 Å². The van der Waals surface area contributed by atoms with Crippen LogP contribution in [0.4, 0.5) is 0 Å². The molecule has 2 aromatic rings. The normalized spacial score (nSPS) is 11.4. The lowest BCUT2D eigenvalue weighted by Gasteiger charge is -2.14. The van der Waals surface area contributed by atoms with Gasteiger partial charge in [0.15, 0.2) is 12.0 Å². The van der Waals surface area contributed by atoms with Crippen LogP contribution >= 0.6 is 0 Å². The Morgan fingerprint density at radius 3 is 3.13 bits per heavy atom. The summed E-state index contributed by atoms with van der Waals surface area (Å²) in [6.45, 7) is 1.46. The number of nitrogens with zero attached hydrogens (tertiary/aromatic N) is 2. The van der Waals surface area contributed by atoms with Gasteiger partial charge in [-0.1, -0.05) is 6.07 Å². The first-order valence-corrected chi connectivity index (χ1v) is 4.79. The Morgan fingerprint density at radius 2 is 2.33 bits per heavy atom. The van der Waals surface area contributed by atoms with E-state index in [9.17, 15) is 0 Å². The van der Waals surface area contributed by atoms with E-state index in [1.807, 2.05) is 19.2 Å². The van der Waals surface area contributed by atoms with Crippen LogP contribution in [-0.4, -0.2) is 30.8 Å². The first-order chi connectivity index (χ1) is 7.29. The number of fused-ring (bicyclic) bond motifs is 1. The molecule has 0 aliphatic carbocycles. The van der Waals surface area contributed by atoms with Gasteiger partial charge in [0.1, 0.15) is 5.52 Å². The van der Waals surface area contributed by atoms with Crippen molar-refractivity contribution in [2.75, 3.05) is 20.9 Å². The summed E-state index contributed by atoms with van der Waals surface area (Å²) in [5.74, 6) is 0. The van der Waals surface area contributed by atoms with Crippen LogP contribution in [0.3, 0.4) is 0 Å². The highest BCUT2D eigenvalue weighted by Gasteiger charge is 2.03. The van der Waals surface area contributed by atoms with E-state index in [0.29, 0.717) is 6.73 Å². The summed E-state index contributed by atoms with van der Waals surface area (Å²) in [7, 11) is 3.70. The van der Waals surface area contributed by atoms with Gasteiger partial charge in [0.05, 0.1) is 6.73 Å². The minimum Gasteiger partial charge on any atom is -0.443 e. The summed E-state index contributed by atoms with van der Waals surface area (Å²) in [4.78, 5) is 6.15. The van der Waals surface area contributed by atoms with Crippen LogP contribution in [0.15, 0.2) is 29.0 Å². The Morgan fingerprint density at radius 1 is 1.47 bits per heavy atom. The zero-order valence-corrected chi connectivity index (χ0v) is 8.93. The molecule has 1 aromatic carbocycles. The summed E-state index contributed by atoms with van der Waals surface area (Å²) in [5, 5.41) is 0. The van der Waals surface area contributed by atoms with E-state index >= 15 is 0 Å². The Labute approximate surface area is 88.5 Å². The Hall–Kier alpha value is -1.39. The van der Waals surface area contributed by atoms with Gasteiger partial charge in [-0.2, -0.15) is 0 Å². The topological polar surface area (TPSA) is 38.5 Å². The monoisotopic (exact) mass is 206 g/mol. The predicted octanol–water partition coefficient (Wildman–Crippen LogP) is 1.86. The van der Waals surface area contributed by atoms with Gasteiger partial charge < -0.3 is 9.15 Å². The molecule has 0 saturated heterocycles. The fourth-order valence-corrected chi connectivity index (χ4v) is 1.58. The minimum absolute atomic E-state index is 0.619. The molecule has 0 spiro atoms. The molecule has 0 saturated carbocycles. The molecule has 1 heterocycles. The van der Waals surface area contributed by atoms with Crippen molar-refractivity contribution in [2.45, 2.75) is 6.54 Å². The van der Waals surface area contributed by atoms with E-state index in [1.54, 1.807) is 7.11 Å². The maximum atomic E-state index is 5.24. The van der Waals surface area contributed by atoms with E-state index in [2.05, 4.69) is 16.0 Å². The van der Waals surface area contributed by atoms with Crippen LogP contribution < -0.4 is 0 Å². The van der Waals surface area contributed by atoms with Crippen LogP contribution in [0.2, 0.25) is 0 Å². The Kier molecular flexibility index (Phi) is 2.99. The lowest BCUT2D eigenvalue weighted by atomic mass is 10.2. The molecule has 0 atom stereocenters. The summed E-state index contributed by atoms with van der Waals surface area (Å²) in [5.41, 5.74) is 2.92. The number of rotatable bonds is 4. The second-order valence-corrected chi connectivity index (χ2v) is 3.59. The standard InChI is InChI=1S/C11H14N2O2/c1-13(8-14-2)6-9-3-4-10-11(5-9)15-7-12-10/h3-5,7H,6,8H2,1-2H3. The van der Waals surface area contributed by atoms with Crippen molar-refractivity contribution < 1.29 is 9.15 Å². The third kappa shape index (κ3) is 2.34. The van der Waals surface area contributed by atoms with E-state index in [1.165, 1.54) is 12.0 Å². The predicted molar refractivity (Wildman–Crippen MR) is 57.4 cm³/mol.